The molecule has 0 radical (unpaired) electrons. The van der Waals surface area contributed by atoms with Gasteiger partial charge >= 0.3 is 5.97 Å². The molecule has 1 aliphatic carbocycles. The van der Waals surface area contributed by atoms with Crippen molar-refractivity contribution >= 4 is 11.9 Å². The Morgan fingerprint density at radius 2 is 1.59 bits per heavy atom. The lowest BCUT2D eigenvalue weighted by Crippen LogP contribution is -2.68. The van der Waals surface area contributed by atoms with Gasteiger partial charge in [-0.1, -0.05) is 87.9 Å². The molecule has 3 fully saturated rings. The van der Waals surface area contributed by atoms with Gasteiger partial charge in [-0.05, 0) is 49.1 Å². The Kier molecular flexibility index (Phi) is 6.48. The molecule has 0 bridgehead atoms. The molecule has 0 spiro atoms. The standard InChI is InChI=1S/C31H39NO5/c1-20-17-18-24(29(3,4)22-13-9-7-10-14-22)25(19-20)35-28(34)31(23-15-11-8-12-16-23)26-27(37-31)32(21(2)33)30(5,6)36-26/h7-16,20,24-27H,17-19H2,1-6H3/t20-,24-,25-,26-,27-,31-/m1/s1. The zero-order valence-electron chi connectivity index (χ0n) is 22.8. The van der Waals surface area contributed by atoms with Crippen LogP contribution in [0, 0.1) is 11.8 Å². The molecule has 6 nitrogen and oxygen atoms in total. The van der Waals surface area contributed by atoms with Crippen molar-refractivity contribution in [2.75, 3.05) is 0 Å². The van der Waals surface area contributed by atoms with Gasteiger partial charge in [0, 0.05) is 12.8 Å². The summed E-state index contributed by atoms with van der Waals surface area (Å²) in [4.78, 5) is 28.3. The van der Waals surface area contributed by atoms with Crippen LogP contribution in [0.4, 0.5) is 0 Å². The number of nitrogens with zero attached hydrogens (tertiary/aromatic N) is 1. The van der Waals surface area contributed by atoms with Gasteiger partial charge in [-0.2, -0.15) is 0 Å². The first-order valence-electron chi connectivity index (χ1n) is 13.5. The van der Waals surface area contributed by atoms with Gasteiger partial charge in [0.1, 0.15) is 17.9 Å². The Morgan fingerprint density at radius 1 is 0.973 bits per heavy atom. The average Bonchev–Trinajstić information content (AvgIpc) is 3.07. The van der Waals surface area contributed by atoms with E-state index in [2.05, 4.69) is 45.0 Å². The molecule has 0 N–H and O–H groups in total. The maximum Gasteiger partial charge on any atom is 0.346 e. The van der Waals surface area contributed by atoms with Crippen LogP contribution in [0.15, 0.2) is 60.7 Å². The van der Waals surface area contributed by atoms with Crippen molar-refractivity contribution in [3.8, 4) is 0 Å². The minimum atomic E-state index is -1.42. The van der Waals surface area contributed by atoms with E-state index in [9.17, 15) is 9.59 Å². The number of fused-ring (bicyclic) bond motifs is 1. The predicted octanol–water partition coefficient (Wildman–Crippen LogP) is 5.55. The second-order valence-corrected chi connectivity index (χ2v) is 12.0. The van der Waals surface area contributed by atoms with Crippen LogP contribution in [0.2, 0.25) is 0 Å². The summed E-state index contributed by atoms with van der Waals surface area (Å²) in [5, 5.41) is 0. The van der Waals surface area contributed by atoms with E-state index in [1.807, 2.05) is 50.2 Å². The Labute approximate surface area is 220 Å². The highest BCUT2D eigenvalue weighted by Crippen LogP contribution is 2.54. The van der Waals surface area contributed by atoms with Gasteiger partial charge in [-0.3, -0.25) is 9.69 Å². The Hall–Kier alpha value is -2.70. The minimum Gasteiger partial charge on any atom is -0.460 e. The lowest BCUT2D eigenvalue weighted by atomic mass is 9.64. The first-order chi connectivity index (χ1) is 17.5. The minimum absolute atomic E-state index is 0.154. The third-order valence-corrected chi connectivity index (χ3v) is 8.82. The van der Waals surface area contributed by atoms with E-state index >= 15 is 0 Å². The van der Waals surface area contributed by atoms with Gasteiger partial charge in [-0.15, -0.1) is 0 Å². The van der Waals surface area contributed by atoms with Crippen molar-refractivity contribution < 1.29 is 23.8 Å². The van der Waals surface area contributed by atoms with Gasteiger partial charge in [0.05, 0.1) is 0 Å². The smallest absolute Gasteiger partial charge is 0.346 e. The summed E-state index contributed by atoms with van der Waals surface area (Å²) in [5.41, 5.74) is -0.562. The van der Waals surface area contributed by atoms with Gasteiger partial charge < -0.3 is 14.2 Å². The SMILES string of the molecule is CC(=O)N1[C@@H]2O[C@](C(=O)O[C@@H]3C[C@H](C)CC[C@H]3C(C)(C)c3ccccc3)(c3ccccc3)[C@@H]2OC1(C)C. The second kappa shape index (κ2) is 9.25. The van der Waals surface area contributed by atoms with Crippen molar-refractivity contribution in [3.63, 3.8) is 0 Å². The number of esters is 1. The number of carbonyl (C=O) groups excluding carboxylic acids is 2. The Morgan fingerprint density at radius 3 is 2.22 bits per heavy atom. The maximum atomic E-state index is 14.2. The average molecular weight is 506 g/mol. The largest absolute Gasteiger partial charge is 0.460 e. The van der Waals surface area contributed by atoms with Crippen LogP contribution < -0.4 is 0 Å². The van der Waals surface area contributed by atoms with E-state index in [0.29, 0.717) is 11.5 Å². The fraction of sp³-hybridized carbons (Fsp3) is 0.548. The molecule has 2 aromatic carbocycles. The zero-order chi connectivity index (χ0) is 26.6. The zero-order valence-corrected chi connectivity index (χ0v) is 22.8. The lowest BCUT2D eigenvalue weighted by molar-refractivity contribution is -0.297. The maximum absolute atomic E-state index is 14.2. The number of hydrogen-bond acceptors (Lipinski definition) is 5. The Balaban J connectivity index is 1.48. The van der Waals surface area contributed by atoms with Crippen LogP contribution in [0.25, 0.3) is 0 Å². The summed E-state index contributed by atoms with van der Waals surface area (Å²) in [6.07, 6.45) is 1.34. The van der Waals surface area contributed by atoms with Crippen LogP contribution in [0.3, 0.4) is 0 Å². The predicted molar refractivity (Wildman–Crippen MR) is 140 cm³/mol. The van der Waals surface area contributed by atoms with Crippen molar-refractivity contribution in [1.82, 2.24) is 4.90 Å². The third kappa shape index (κ3) is 4.18. The van der Waals surface area contributed by atoms with E-state index in [0.717, 1.165) is 19.3 Å². The fourth-order valence-corrected chi connectivity index (χ4v) is 6.80. The monoisotopic (exact) mass is 505 g/mol. The molecule has 1 amide bonds. The molecule has 1 saturated carbocycles. The third-order valence-electron chi connectivity index (χ3n) is 8.82. The number of ether oxygens (including phenoxy) is 3. The highest BCUT2D eigenvalue weighted by molar-refractivity contribution is 5.85. The molecule has 2 heterocycles. The highest BCUT2D eigenvalue weighted by atomic mass is 16.7. The number of rotatable bonds is 5. The fourth-order valence-electron chi connectivity index (χ4n) is 6.80. The van der Waals surface area contributed by atoms with Gasteiger partial charge in [0.15, 0.2) is 6.23 Å². The molecule has 0 aromatic heterocycles. The molecule has 2 aromatic rings. The number of amides is 1. The van der Waals surface area contributed by atoms with Crippen molar-refractivity contribution in [2.45, 2.75) is 96.0 Å². The van der Waals surface area contributed by atoms with Crippen molar-refractivity contribution in [3.05, 3.63) is 71.8 Å². The summed E-state index contributed by atoms with van der Waals surface area (Å²) >= 11 is 0. The molecule has 2 aliphatic heterocycles. The van der Waals surface area contributed by atoms with Crippen LogP contribution in [-0.4, -0.2) is 40.9 Å². The molecule has 2 saturated heterocycles. The van der Waals surface area contributed by atoms with Crippen molar-refractivity contribution in [2.24, 2.45) is 11.8 Å². The van der Waals surface area contributed by atoms with Gasteiger partial charge in [-0.25, -0.2) is 4.79 Å². The number of benzene rings is 2. The molecule has 5 rings (SSSR count). The van der Waals surface area contributed by atoms with E-state index < -0.39 is 29.6 Å². The molecular weight excluding hydrogens is 466 g/mol. The van der Waals surface area contributed by atoms with Crippen LogP contribution >= 0.6 is 0 Å². The molecule has 0 unspecified atom stereocenters. The number of hydrogen-bond donors (Lipinski definition) is 0. The van der Waals surface area contributed by atoms with Crippen molar-refractivity contribution in [1.29, 1.82) is 0 Å². The van der Waals surface area contributed by atoms with Crippen LogP contribution in [0.5, 0.6) is 0 Å². The summed E-state index contributed by atoms with van der Waals surface area (Å²) in [6, 6.07) is 19.9. The van der Waals surface area contributed by atoms with Gasteiger partial charge in [0.2, 0.25) is 11.5 Å². The molecule has 6 atom stereocenters. The summed E-state index contributed by atoms with van der Waals surface area (Å²) in [5.74, 6) is 0.0269. The molecule has 6 heteroatoms. The summed E-state index contributed by atoms with van der Waals surface area (Å²) in [6.45, 7) is 11.9. The molecule has 198 valence electrons. The van der Waals surface area contributed by atoms with E-state index in [4.69, 9.17) is 14.2 Å². The quantitative estimate of drug-likeness (QED) is 0.499. The number of carbonyl (C=O) groups is 2. The lowest BCUT2D eigenvalue weighted by Gasteiger charge is -2.51. The summed E-state index contributed by atoms with van der Waals surface area (Å²) in [7, 11) is 0. The topological polar surface area (TPSA) is 65.1 Å². The van der Waals surface area contributed by atoms with Crippen LogP contribution in [0.1, 0.15) is 71.9 Å². The first-order valence-corrected chi connectivity index (χ1v) is 13.5. The normalized spacial score (nSPS) is 32.8. The summed E-state index contributed by atoms with van der Waals surface area (Å²) < 4.78 is 19.2. The van der Waals surface area contributed by atoms with E-state index in [1.54, 1.807) is 4.90 Å². The van der Waals surface area contributed by atoms with Crippen LogP contribution in [-0.2, 0) is 34.8 Å². The molecular formula is C31H39NO5. The molecule has 37 heavy (non-hydrogen) atoms. The van der Waals surface area contributed by atoms with Gasteiger partial charge in [0.25, 0.3) is 0 Å². The van der Waals surface area contributed by atoms with E-state index in [1.165, 1.54) is 12.5 Å². The molecule has 3 aliphatic rings. The second-order valence-electron chi connectivity index (χ2n) is 12.0. The highest BCUT2D eigenvalue weighted by Gasteiger charge is 2.72. The Bertz CT molecular complexity index is 1150. The van der Waals surface area contributed by atoms with E-state index in [-0.39, 0.29) is 23.3 Å². The first kappa shape index (κ1) is 25.9.